The van der Waals surface area contributed by atoms with Crippen molar-refractivity contribution in [2.75, 3.05) is 43.7 Å². The van der Waals surface area contributed by atoms with Gasteiger partial charge in [-0.15, -0.1) is 12.4 Å². The molecule has 1 unspecified atom stereocenters. The van der Waals surface area contributed by atoms with Crippen LogP contribution in [0.1, 0.15) is 6.42 Å². The lowest BCUT2D eigenvalue weighted by Gasteiger charge is -2.22. The monoisotopic (exact) mass is 346 g/mol. The summed E-state index contributed by atoms with van der Waals surface area (Å²) in [6, 6.07) is 7.67. The minimum Gasteiger partial charge on any atom is -0.491 e. The summed E-state index contributed by atoms with van der Waals surface area (Å²) >= 11 is 1.89. The molecule has 1 aliphatic heterocycles. The second-order valence-corrected chi connectivity index (χ2v) is 5.99. The van der Waals surface area contributed by atoms with Crippen molar-refractivity contribution in [3.8, 4) is 5.75 Å². The van der Waals surface area contributed by atoms with E-state index in [0.29, 0.717) is 19.6 Å². The Bertz CT molecular complexity index is 439. The molecule has 1 aliphatic rings. The number of nitrogens with one attached hydrogen (secondary N) is 2. The van der Waals surface area contributed by atoms with E-state index >= 15 is 0 Å². The summed E-state index contributed by atoms with van der Waals surface area (Å²) in [6.45, 7) is 2.06. The topological polar surface area (TPSA) is 59.6 Å². The first kappa shape index (κ1) is 19.1. The highest BCUT2D eigenvalue weighted by Crippen LogP contribution is 2.16. The SMILES string of the molecule is COCCOc1ccc(NC(=O)CC2CSCCN2)cc1.Cl. The van der Waals surface area contributed by atoms with Crippen molar-refractivity contribution >= 4 is 35.8 Å². The number of carbonyl (C=O) groups is 1. The van der Waals surface area contributed by atoms with Crippen LogP contribution in [0.25, 0.3) is 0 Å². The van der Waals surface area contributed by atoms with Crippen LogP contribution in [-0.4, -0.2) is 50.3 Å². The van der Waals surface area contributed by atoms with Crippen molar-refractivity contribution in [1.82, 2.24) is 5.32 Å². The van der Waals surface area contributed by atoms with Crippen LogP contribution in [0.3, 0.4) is 0 Å². The molecule has 2 rings (SSSR count). The largest absolute Gasteiger partial charge is 0.491 e. The molecule has 1 amide bonds. The Morgan fingerprint density at radius 1 is 1.36 bits per heavy atom. The zero-order valence-corrected chi connectivity index (χ0v) is 14.3. The minimum atomic E-state index is 0. The quantitative estimate of drug-likeness (QED) is 0.741. The van der Waals surface area contributed by atoms with Crippen molar-refractivity contribution in [2.24, 2.45) is 0 Å². The number of ether oxygens (including phenoxy) is 2. The average Bonchev–Trinajstić information content (AvgIpc) is 2.50. The number of hydrogen-bond acceptors (Lipinski definition) is 5. The van der Waals surface area contributed by atoms with Crippen molar-refractivity contribution in [3.63, 3.8) is 0 Å². The zero-order valence-electron chi connectivity index (χ0n) is 12.7. The summed E-state index contributed by atoms with van der Waals surface area (Å²) in [4.78, 5) is 12.0. The van der Waals surface area contributed by atoms with Crippen LogP contribution >= 0.6 is 24.2 Å². The van der Waals surface area contributed by atoms with E-state index in [1.807, 2.05) is 36.0 Å². The van der Waals surface area contributed by atoms with Crippen molar-refractivity contribution < 1.29 is 14.3 Å². The van der Waals surface area contributed by atoms with E-state index in [1.165, 1.54) is 0 Å². The molecule has 1 aromatic rings. The molecule has 1 saturated heterocycles. The van der Waals surface area contributed by atoms with Gasteiger partial charge in [-0.05, 0) is 24.3 Å². The van der Waals surface area contributed by atoms with Crippen molar-refractivity contribution in [2.45, 2.75) is 12.5 Å². The van der Waals surface area contributed by atoms with Gasteiger partial charge in [-0.2, -0.15) is 11.8 Å². The molecule has 0 aromatic heterocycles. The predicted molar refractivity (Wildman–Crippen MR) is 93.4 cm³/mol. The van der Waals surface area contributed by atoms with Crippen LogP contribution in [0.2, 0.25) is 0 Å². The Balaban J connectivity index is 0.00000242. The number of thioether (sulfide) groups is 1. The molecule has 0 spiro atoms. The summed E-state index contributed by atoms with van der Waals surface area (Å²) in [5.74, 6) is 2.95. The van der Waals surface area contributed by atoms with Crippen LogP contribution in [0.4, 0.5) is 5.69 Å². The fourth-order valence-electron chi connectivity index (χ4n) is 2.06. The third-order valence-corrected chi connectivity index (χ3v) is 4.26. The molecule has 0 saturated carbocycles. The van der Waals surface area contributed by atoms with Gasteiger partial charge in [-0.3, -0.25) is 4.79 Å². The molecule has 22 heavy (non-hydrogen) atoms. The number of rotatable bonds is 7. The second-order valence-electron chi connectivity index (χ2n) is 4.84. The minimum absolute atomic E-state index is 0. The van der Waals surface area contributed by atoms with E-state index in [-0.39, 0.29) is 24.4 Å². The van der Waals surface area contributed by atoms with Gasteiger partial charge >= 0.3 is 0 Å². The highest BCUT2D eigenvalue weighted by molar-refractivity contribution is 7.99. The van der Waals surface area contributed by atoms with E-state index in [2.05, 4.69) is 10.6 Å². The Hall–Kier alpha value is -0.950. The Morgan fingerprint density at radius 2 is 2.14 bits per heavy atom. The first-order valence-corrected chi connectivity index (χ1v) is 8.26. The molecule has 124 valence electrons. The van der Waals surface area contributed by atoms with E-state index in [0.717, 1.165) is 29.5 Å². The Kier molecular flexibility index (Phi) is 9.31. The lowest BCUT2D eigenvalue weighted by atomic mass is 10.2. The second kappa shape index (κ2) is 10.7. The average molecular weight is 347 g/mol. The predicted octanol–water partition coefficient (Wildman–Crippen LogP) is 2.17. The highest BCUT2D eigenvalue weighted by Gasteiger charge is 2.16. The molecule has 2 N–H and O–H groups in total. The number of amides is 1. The van der Waals surface area contributed by atoms with E-state index < -0.39 is 0 Å². The third-order valence-electron chi connectivity index (χ3n) is 3.12. The van der Waals surface area contributed by atoms with Gasteiger partial charge in [0.15, 0.2) is 0 Å². The number of anilines is 1. The molecular formula is C15H23ClN2O3S. The standard InChI is InChI=1S/C15H22N2O3S.ClH/c1-19-7-8-20-14-4-2-12(3-5-14)17-15(18)10-13-11-21-9-6-16-13;/h2-5,13,16H,6-11H2,1H3,(H,17,18);1H. The van der Waals surface area contributed by atoms with Gasteiger partial charge in [0.1, 0.15) is 12.4 Å². The number of methoxy groups -OCH3 is 1. The van der Waals surface area contributed by atoms with Gasteiger partial charge in [0.2, 0.25) is 5.91 Å². The molecule has 1 atom stereocenters. The van der Waals surface area contributed by atoms with Gasteiger partial charge in [0, 0.05) is 43.3 Å². The summed E-state index contributed by atoms with van der Waals surface area (Å²) in [7, 11) is 1.64. The first-order valence-electron chi connectivity index (χ1n) is 7.10. The van der Waals surface area contributed by atoms with Crippen LogP contribution in [0, 0.1) is 0 Å². The van der Waals surface area contributed by atoms with Crippen LogP contribution in [0.15, 0.2) is 24.3 Å². The lowest BCUT2D eigenvalue weighted by Crippen LogP contribution is -2.39. The van der Waals surface area contributed by atoms with Gasteiger partial charge in [0.05, 0.1) is 6.61 Å². The van der Waals surface area contributed by atoms with E-state index in [9.17, 15) is 4.79 Å². The molecular weight excluding hydrogens is 324 g/mol. The molecule has 1 fully saturated rings. The molecule has 0 radical (unpaired) electrons. The maximum atomic E-state index is 12.0. The van der Waals surface area contributed by atoms with Crippen LogP contribution < -0.4 is 15.4 Å². The highest BCUT2D eigenvalue weighted by atomic mass is 35.5. The van der Waals surface area contributed by atoms with Gasteiger partial charge in [-0.1, -0.05) is 0 Å². The Morgan fingerprint density at radius 3 is 2.77 bits per heavy atom. The van der Waals surface area contributed by atoms with E-state index in [1.54, 1.807) is 7.11 Å². The summed E-state index contributed by atoms with van der Waals surface area (Å²) in [6.07, 6.45) is 0.513. The normalized spacial score (nSPS) is 17.4. The Labute approximate surface area is 141 Å². The van der Waals surface area contributed by atoms with Gasteiger partial charge < -0.3 is 20.1 Å². The number of halogens is 1. The molecule has 7 heteroatoms. The molecule has 1 heterocycles. The number of benzene rings is 1. The molecule has 1 aromatic carbocycles. The number of hydrogen-bond donors (Lipinski definition) is 2. The lowest BCUT2D eigenvalue weighted by molar-refractivity contribution is -0.116. The smallest absolute Gasteiger partial charge is 0.225 e. The van der Waals surface area contributed by atoms with Crippen LogP contribution in [0.5, 0.6) is 5.75 Å². The number of carbonyl (C=O) groups excluding carboxylic acids is 1. The molecule has 0 aliphatic carbocycles. The van der Waals surface area contributed by atoms with Gasteiger partial charge in [-0.25, -0.2) is 0 Å². The van der Waals surface area contributed by atoms with Crippen molar-refractivity contribution in [3.05, 3.63) is 24.3 Å². The summed E-state index contributed by atoms with van der Waals surface area (Å²) in [5.41, 5.74) is 0.794. The maximum Gasteiger partial charge on any atom is 0.225 e. The fourth-order valence-corrected chi connectivity index (χ4v) is 3.01. The maximum absolute atomic E-state index is 12.0. The third kappa shape index (κ3) is 6.87. The van der Waals surface area contributed by atoms with Gasteiger partial charge in [0.25, 0.3) is 0 Å². The van der Waals surface area contributed by atoms with Crippen LogP contribution in [-0.2, 0) is 9.53 Å². The fraction of sp³-hybridized carbons (Fsp3) is 0.533. The van der Waals surface area contributed by atoms with Crippen molar-refractivity contribution in [1.29, 1.82) is 0 Å². The zero-order chi connectivity index (χ0) is 14.9. The van der Waals surface area contributed by atoms with E-state index in [4.69, 9.17) is 9.47 Å². The molecule has 5 nitrogen and oxygen atoms in total. The summed E-state index contributed by atoms with van der Waals surface area (Å²) < 4.78 is 10.4. The molecule has 0 bridgehead atoms. The first-order chi connectivity index (χ1) is 10.3. The summed E-state index contributed by atoms with van der Waals surface area (Å²) in [5, 5.41) is 6.28.